The number of hydrogen-bond acceptors (Lipinski definition) is 5. The highest BCUT2D eigenvalue weighted by Gasteiger charge is 2.16. The molecule has 0 aromatic carbocycles. The highest BCUT2D eigenvalue weighted by Crippen LogP contribution is 2.21. The highest BCUT2D eigenvalue weighted by atomic mass is 16.4. The Morgan fingerprint density at radius 2 is 2.16 bits per heavy atom. The third kappa shape index (κ3) is 3.84. The van der Waals surface area contributed by atoms with Crippen LogP contribution in [0.3, 0.4) is 0 Å². The van der Waals surface area contributed by atoms with Gasteiger partial charge in [-0.2, -0.15) is 0 Å². The van der Waals surface area contributed by atoms with Gasteiger partial charge in [0, 0.05) is 13.6 Å². The second kappa shape index (κ2) is 6.58. The van der Waals surface area contributed by atoms with Crippen molar-refractivity contribution < 1.29 is 14.7 Å². The Morgan fingerprint density at radius 3 is 2.68 bits per heavy atom. The van der Waals surface area contributed by atoms with Crippen molar-refractivity contribution in [1.29, 1.82) is 0 Å². The van der Waals surface area contributed by atoms with Crippen LogP contribution in [0.15, 0.2) is 12.1 Å². The van der Waals surface area contributed by atoms with Gasteiger partial charge >= 0.3 is 5.97 Å². The maximum absolute atomic E-state index is 11.5. The van der Waals surface area contributed by atoms with E-state index in [0.717, 1.165) is 6.42 Å². The minimum absolute atomic E-state index is 0.0879. The number of amides is 1. The number of hydrogen-bond donors (Lipinski definition) is 3. The fraction of sp³-hybridized carbons (Fsp3) is 0.417. The van der Waals surface area contributed by atoms with Crippen LogP contribution in [0.1, 0.15) is 23.8 Å². The summed E-state index contributed by atoms with van der Waals surface area (Å²) in [6.07, 6.45) is 0.787. The number of nitrogens with two attached hydrogens (primary N) is 1. The fourth-order valence-corrected chi connectivity index (χ4v) is 1.61. The molecule has 0 aliphatic carbocycles. The van der Waals surface area contributed by atoms with Crippen LogP contribution in [0.2, 0.25) is 0 Å². The van der Waals surface area contributed by atoms with Gasteiger partial charge in [-0.3, -0.25) is 4.79 Å². The largest absolute Gasteiger partial charge is 0.477 e. The van der Waals surface area contributed by atoms with E-state index in [1.807, 2.05) is 6.92 Å². The lowest BCUT2D eigenvalue weighted by molar-refractivity contribution is -0.119. The number of nitrogens with one attached hydrogen (secondary N) is 1. The van der Waals surface area contributed by atoms with Crippen LogP contribution in [0.5, 0.6) is 0 Å². The Hall–Kier alpha value is -2.31. The molecule has 1 heterocycles. The molecule has 0 spiro atoms. The van der Waals surface area contributed by atoms with Crippen LogP contribution >= 0.6 is 0 Å². The third-order valence-corrected chi connectivity index (χ3v) is 2.53. The minimum atomic E-state index is -1.13. The summed E-state index contributed by atoms with van der Waals surface area (Å²) in [7, 11) is 1.54. The van der Waals surface area contributed by atoms with Gasteiger partial charge in [0.2, 0.25) is 5.91 Å². The van der Waals surface area contributed by atoms with Gasteiger partial charge in [0.1, 0.15) is 0 Å². The van der Waals surface area contributed by atoms with Gasteiger partial charge in [-0.15, -0.1) is 0 Å². The molecule has 0 saturated carbocycles. The number of nitrogen functional groups attached to an aromatic ring is 1. The minimum Gasteiger partial charge on any atom is -0.477 e. The number of carbonyl (C=O) groups excluding carboxylic acids is 1. The predicted octanol–water partition coefficient (Wildman–Crippen LogP) is 0.324. The lowest BCUT2D eigenvalue weighted by Gasteiger charge is -2.23. The smallest absolute Gasteiger partial charge is 0.354 e. The number of likely N-dealkylation sites (N-methyl/N-ethyl adjacent to an activating group) is 1. The monoisotopic (exact) mass is 266 g/mol. The number of rotatable bonds is 6. The average molecular weight is 266 g/mol. The molecule has 7 nitrogen and oxygen atoms in total. The van der Waals surface area contributed by atoms with E-state index in [1.54, 1.807) is 4.90 Å². The van der Waals surface area contributed by atoms with Crippen molar-refractivity contribution in [2.75, 3.05) is 30.8 Å². The molecule has 1 amide bonds. The molecule has 0 aliphatic rings. The molecule has 0 aliphatic heterocycles. The van der Waals surface area contributed by atoms with Crippen molar-refractivity contribution in [2.45, 2.75) is 13.3 Å². The van der Waals surface area contributed by atoms with Gasteiger partial charge in [0.15, 0.2) is 11.5 Å². The van der Waals surface area contributed by atoms with Gasteiger partial charge in [0.05, 0.1) is 12.2 Å². The fourth-order valence-electron chi connectivity index (χ4n) is 1.61. The van der Waals surface area contributed by atoms with Crippen LogP contribution in [0, 0.1) is 0 Å². The number of carbonyl (C=O) groups is 2. The van der Waals surface area contributed by atoms with Crippen molar-refractivity contribution in [2.24, 2.45) is 0 Å². The normalized spacial score (nSPS) is 10.0. The first-order valence-corrected chi connectivity index (χ1v) is 5.95. The molecule has 0 unspecified atom stereocenters. The van der Waals surface area contributed by atoms with Crippen LogP contribution in [-0.2, 0) is 4.79 Å². The highest BCUT2D eigenvalue weighted by molar-refractivity contribution is 5.87. The molecular weight excluding hydrogens is 248 g/mol. The molecule has 1 aromatic heterocycles. The molecule has 0 radical (unpaired) electrons. The van der Waals surface area contributed by atoms with E-state index < -0.39 is 5.97 Å². The third-order valence-electron chi connectivity index (χ3n) is 2.53. The topological polar surface area (TPSA) is 109 Å². The Bertz CT molecular complexity index is 476. The lowest BCUT2D eigenvalue weighted by Crippen LogP contribution is -2.37. The molecular formula is C12H18N4O3. The van der Waals surface area contributed by atoms with Gasteiger partial charge < -0.3 is 21.1 Å². The molecule has 0 atom stereocenters. The lowest BCUT2D eigenvalue weighted by atomic mass is 10.3. The Kier molecular flexibility index (Phi) is 5.11. The van der Waals surface area contributed by atoms with E-state index in [1.165, 1.54) is 19.2 Å². The quantitative estimate of drug-likeness (QED) is 0.684. The van der Waals surface area contributed by atoms with E-state index in [9.17, 15) is 9.59 Å². The first kappa shape index (κ1) is 14.7. The second-order valence-electron chi connectivity index (χ2n) is 4.01. The summed E-state index contributed by atoms with van der Waals surface area (Å²) in [6.45, 7) is 2.60. The van der Waals surface area contributed by atoms with E-state index in [4.69, 9.17) is 10.8 Å². The van der Waals surface area contributed by atoms with Gasteiger partial charge in [0.25, 0.3) is 0 Å². The maximum atomic E-state index is 11.5. The molecule has 0 bridgehead atoms. The van der Waals surface area contributed by atoms with Crippen molar-refractivity contribution in [3.8, 4) is 0 Å². The van der Waals surface area contributed by atoms with E-state index in [2.05, 4.69) is 10.3 Å². The number of nitrogens with zero attached hydrogens (tertiary/aromatic N) is 2. The Morgan fingerprint density at radius 1 is 1.47 bits per heavy atom. The SMILES string of the molecule is CCCN(CC(=O)NC)c1nc(C(=O)O)ccc1N. The molecule has 0 fully saturated rings. The number of carboxylic acids is 1. The molecule has 1 aromatic rings. The summed E-state index contributed by atoms with van der Waals surface area (Å²) in [4.78, 5) is 28.1. The van der Waals surface area contributed by atoms with Crippen LogP contribution < -0.4 is 16.0 Å². The average Bonchev–Trinajstić information content (AvgIpc) is 2.38. The molecule has 0 saturated heterocycles. The molecule has 19 heavy (non-hydrogen) atoms. The zero-order valence-electron chi connectivity index (χ0n) is 11.0. The van der Waals surface area contributed by atoms with Crippen LogP contribution in [0.4, 0.5) is 11.5 Å². The summed E-state index contributed by atoms with van der Waals surface area (Å²) in [6, 6.07) is 2.82. The molecule has 4 N–H and O–H groups in total. The predicted molar refractivity (Wildman–Crippen MR) is 72.2 cm³/mol. The van der Waals surface area contributed by atoms with E-state index in [0.29, 0.717) is 18.1 Å². The van der Waals surface area contributed by atoms with Crippen molar-refractivity contribution >= 4 is 23.4 Å². The van der Waals surface area contributed by atoms with Crippen LogP contribution in [-0.4, -0.2) is 42.1 Å². The second-order valence-corrected chi connectivity index (χ2v) is 4.01. The Balaban J connectivity index is 3.09. The summed E-state index contributed by atoms with van der Waals surface area (Å²) in [5.41, 5.74) is 6.06. The van der Waals surface area contributed by atoms with Crippen molar-refractivity contribution in [3.05, 3.63) is 17.8 Å². The standard InChI is InChI=1S/C12H18N4O3/c1-3-6-16(7-10(17)14-2)11-8(13)4-5-9(15-11)12(18)19/h4-5H,3,6-7,13H2,1-2H3,(H,14,17)(H,18,19). The number of aromatic carboxylic acids is 1. The van der Waals surface area contributed by atoms with Gasteiger partial charge in [-0.1, -0.05) is 6.92 Å². The molecule has 7 heteroatoms. The van der Waals surface area contributed by atoms with Crippen LogP contribution in [0.25, 0.3) is 0 Å². The summed E-state index contributed by atoms with van der Waals surface area (Å²) >= 11 is 0. The molecule has 104 valence electrons. The van der Waals surface area contributed by atoms with Crippen molar-refractivity contribution in [3.63, 3.8) is 0 Å². The maximum Gasteiger partial charge on any atom is 0.354 e. The zero-order chi connectivity index (χ0) is 14.4. The zero-order valence-corrected chi connectivity index (χ0v) is 11.0. The van der Waals surface area contributed by atoms with E-state index >= 15 is 0 Å². The number of anilines is 2. The van der Waals surface area contributed by atoms with E-state index in [-0.39, 0.29) is 18.1 Å². The van der Waals surface area contributed by atoms with Crippen molar-refractivity contribution in [1.82, 2.24) is 10.3 Å². The number of aromatic nitrogens is 1. The number of pyridine rings is 1. The summed E-state index contributed by atoms with van der Waals surface area (Å²) in [5.74, 6) is -0.988. The summed E-state index contributed by atoms with van der Waals surface area (Å²) < 4.78 is 0. The number of carboxylic acid groups (broad SMARTS) is 1. The molecule has 1 rings (SSSR count). The summed E-state index contributed by atoms with van der Waals surface area (Å²) in [5, 5.41) is 11.5. The first-order valence-electron chi connectivity index (χ1n) is 5.95. The van der Waals surface area contributed by atoms with Gasteiger partial charge in [-0.05, 0) is 18.6 Å². The van der Waals surface area contributed by atoms with Gasteiger partial charge in [-0.25, -0.2) is 9.78 Å². The Labute approximate surface area is 111 Å². The first-order chi connectivity index (χ1) is 8.99.